The molecule has 0 spiro atoms. The number of amides is 1. The van der Waals surface area contributed by atoms with Gasteiger partial charge in [-0.3, -0.25) is 9.59 Å². The molecule has 1 unspecified atom stereocenters. The molecule has 1 aromatic carbocycles. The van der Waals surface area contributed by atoms with Gasteiger partial charge in [0.15, 0.2) is 5.43 Å². The van der Waals surface area contributed by atoms with Gasteiger partial charge in [-0.1, -0.05) is 12.1 Å². The van der Waals surface area contributed by atoms with Crippen LogP contribution in [-0.4, -0.2) is 47.2 Å². The minimum absolute atomic E-state index is 0.0698. The van der Waals surface area contributed by atoms with Crippen molar-refractivity contribution in [2.45, 2.75) is 19.1 Å². The number of carbonyl (C=O) groups is 1. The molecule has 0 bridgehead atoms. The minimum atomic E-state index is -1.43. The highest BCUT2D eigenvalue weighted by Gasteiger charge is 2.31. The molecule has 23 heavy (non-hydrogen) atoms. The zero-order chi connectivity index (χ0) is 16.4. The minimum Gasteiger partial charge on any atom is -0.338 e. The molecule has 5 nitrogen and oxygen atoms in total. The predicted octanol–water partition coefficient (Wildman–Crippen LogP) is 1.16. The van der Waals surface area contributed by atoms with E-state index < -0.39 is 5.67 Å². The normalized spacial score (nSPS) is 22.1. The number of benzene rings is 1. The molecule has 1 amide bonds. The first kappa shape index (κ1) is 15.7. The maximum atomic E-state index is 14.3. The van der Waals surface area contributed by atoms with E-state index in [1.54, 1.807) is 27.8 Å². The molecular formula is C17H20FN3O2. The van der Waals surface area contributed by atoms with Gasteiger partial charge in [-0.05, 0) is 19.1 Å². The fourth-order valence-corrected chi connectivity index (χ4v) is 2.95. The molecule has 1 saturated heterocycles. The second-order valence-corrected chi connectivity index (χ2v) is 6.23. The number of carbonyl (C=O) groups excluding carboxylic acids is 1. The van der Waals surface area contributed by atoms with E-state index in [9.17, 15) is 14.0 Å². The van der Waals surface area contributed by atoms with Crippen LogP contribution >= 0.6 is 0 Å². The first-order valence-corrected chi connectivity index (χ1v) is 7.72. The quantitative estimate of drug-likeness (QED) is 0.904. The van der Waals surface area contributed by atoms with E-state index in [4.69, 9.17) is 0 Å². The Morgan fingerprint density at radius 3 is 2.96 bits per heavy atom. The first-order valence-electron chi connectivity index (χ1n) is 7.72. The van der Waals surface area contributed by atoms with Gasteiger partial charge in [0.1, 0.15) is 12.2 Å². The van der Waals surface area contributed by atoms with Crippen molar-refractivity contribution < 1.29 is 9.18 Å². The van der Waals surface area contributed by atoms with Gasteiger partial charge in [-0.2, -0.15) is 0 Å². The summed E-state index contributed by atoms with van der Waals surface area (Å²) in [5, 5.41) is 3.59. The standard InChI is InChI=1S/C17H20FN3O2/c1-17(18)11-19-7-9-21(12-17)16(23)10-20-8-6-15(22)13-4-2-3-5-14(13)20/h2-6,8,19H,7,9-12H2,1H3. The Balaban J connectivity index is 1.86. The number of para-hydroxylation sites is 1. The van der Waals surface area contributed by atoms with Gasteiger partial charge in [-0.25, -0.2) is 4.39 Å². The highest BCUT2D eigenvalue weighted by Crippen LogP contribution is 2.15. The predicted molar refractivity (Wildman–Crippen MR) is 87.2 cm³/mol. The van der Waals surface area contributed by atoms with Crippen LogP contribution in [0, 0.1) is 0 Å². The van der Waals surface area contributed by atoms with Crippen molar-refractivity contribution in [1.29, 1.82) is 0 Å². The van der Waals surface area contributed by atoms with Crippen molar-refractivity contribution >= 4 is 16.8 Å². The Hall–Kier alpha value is -2.21. The largest absolute Gasteiger partial charge is 0.338 e. The van der Waals surface area contributed by atoms with Gasteiger partial charge in [-0.15, -0.1) is 0 Å². The molecule has 0 radical (unpaired) electrons. The molecule has 0 aliphatic carbocycles. The molecule has 2 heterocycles. The molecule has 122 valence electrons. The molecular weight excluding hydrogens is 297 g/mol. The molecule has 1 atom stereocenters. The number of alkyl halides is 1. The van der Waals surface area contributed by atoms with Crippen LogP contribution in [0.2, 0.25) is 0 Å². The lowest BCUT2D eigenvalue weighted by Crippen LogP contribution is -2.43. The third-order valence-electron chi connectivity index (χ3n) is 4.12. The third-order valence-corrected chi connectivity index (χ3v) is 4.12. The van der Waals surface area contributed by atoms with Crippen LogP contribution in [0.1, 0.15) is 6.92 Å². The summed E-state index contributed by atoms with van der Waals surface area (Å²) in [6.45, 7) is 2.98. The molecule has 1 aromatic heterocycles. The maximum absolute atomic E-state index is 14.3. The number of rotatable bonds is 2. The molecule has 6 heteroatoms. The Labute approximate surface area is 133 Å². The van der Waals surface area contributed by atoms with Crippen molar-refractivity contribution in [1.82, 2.24) is 14.8 Å². The van der Waals surface area contributed by atoms with Gasteiger partial charge in [0.05, 0.1) is 12.1 Å². The second kappa shape index (κ2) is 6.12. The summed E-state index contributed by atoms with van der Waals surface area (Å²) in [7, 11) is 0. The zero-order valence-electron chi connectivity index (χ0n) is 13.1. The monoisotopic (exact) mass is 317 g/mol. The number of fused-ring (bicyclic) bond motifs is 1. The maximum Gasteiger partial charge on any atom is 0.242 e. The summed E-state index contributed by atoms with van der Waals surface area (Å²) in [5.74, 6) is -0.147. The van der Waals surface area contributed by atoms with E-state index in [0.29, 0.717) is 24.0 Å². The van der Waals surface area contributed by atoms with Crippen LogP contribution in [0.3, 0.4) is 0 Å². The third kappa shape index (κ3) is 3.42. The number of nitrogens with one attached hydrogen (secondary N) is 1. The average molecular weight is 317 g/mol. The van der Waals surface area contributed by atoms with Gasteiger partial charge in [0.2, 0.25) is 5.91 Å². The van der Waals surface area contributed by atoms with E-state index >= 15 is 0 Å². The summed E-state index contributed by atoms with van der Waals surface area (Å²) in [4.78, 5) is 26.0. The summed E-state index contributed by atoms with van der Waals surface area (Å²) in [5.41, 5.74) is -0.790. The SMILES string of the molecule is CC1(F)CNCCN(C(=O)Cn2ccc(=O)c3ccccc32)C1. The Morgan fingerprint density at radius 2 is 2.13 bits per heavy atom. The Morgan fingerprint density at radius 1 is 1.35 bits per heavy atom. The van der Waals surface area contributed by atoms with E-state index in [1.165, 1.54) is 13.0 Å². The van der Waals surface area contributed by atoms with Crippen LogP contribution in [0.15, 0.2) is 41.3 Å². The van der Waals surface area contributed by atoms with Crippen LogP contribution in [0.4, 0.5) is 4.39 Å². The van der Waals surface area contributed by atoms with Gasteiger partial charge >= 0.3 is 0 Å². The van der Waals surface area contributed by atoms with E-state index in [1.807, 2.05) is 12.1 Å². The first-order chi connectivity index (χ1) is 11.0. The number of halogens is 1. The van der Waals surface area contributed by atoms with Crippen LogP contribution in [0.5, 0.6) is 0 Å². The van der Waals surface area contributed by atoms with Crippen molar-refractivity contribution in [3.05, 3.63) is 46.8 Å². The molecule has 1 N–H and O–H groups in total. The van der Waals surface area contributed by atoms with Gasteiger partial charge in [0.25, 0.3) is 0 Å². The number of pyridine rings is 1. The highest BCUT2D eigenvalue weighted by atomic mass is 19.1. The molecule has 0 saturated carbocycles. The lowest BCUT2D eigenvalue weighted by molar-refractivity contribution is -0.133. The number of hydrogen-bond acceptors (Lipinski definition) is 3. The molecule has 3 rings (SSSR count). The lowest BCUT2D eigenvalue weighted by atomic mass is 10.1. The molecule has 1 fully saturated rings. The smallest absolute Gasteiger partial charge is 0.242 e. The molecule has 1 aliphatic rings. The van der Waals surface area contributed by atoms with Crippen molar-refractivity contribution in [3.63, 3.8) is 0 Å². The average Bonchev–Trinajstić information content (AvgIpc) is 2.71. The van der Waals surface area contributed by atoms with Crippen molar-refractivity contribution in [2.24, 2.45) is 0 Å². The molecule has 1 aliphatic heterocycles. The van der Waals surface area contributed by atoms with Crippen LogP contribution in [0.25, 0.3) is 10.9 Å². The summed E-state index contributed by atoms with van der Waals surface area (Å²) < 4.78 is 16.0. The van der Waals surface area contributed by atoms with Crippen molar-refractivity contribution in [3.8, 4) is 0 Å². The summed E-state index contributed by atoms with van der Waals surface area (Å²) in [6, 6.07) is 8.64. The number of aromatic nitrogens is 1. The van der Waals surface area contributed by atoms with Gasteiger partial charge < -0.3 is 14.8 Å². The lowest BCUT2D eigenvalue weighted by Gasteiger charge is -2.26. The van der Waals surface area contributed by atoms with Crippen molar-refractivity contribution in [2.75, 3.05) is 26.2 Å². The van der Waals surface area contributed by atoms with Crippen LogP contribution in [-0.2, 0) is 11.3 Å². The number of nitrogens with zero attached hydrogens (tertiary/aromatic N) is 2. The van der Waals surface area contributed by atoms with E-state index in [2.05, 4.69) is 5.32 Å². The molecule has 2 aromatic rings. The summed E-state index contributed by atoms with van der Waals surface area (Å²) in [6.07, 6.45) is 1.62. The number of hydrogen-bond donors (Lipinski definition) is 1. The Kier molecular flexibility index (Phi) is 4.17. The fraction of sp³-hybridized carbons (Fsp3) is 0.412. The second-order valence-electron chi connectivity index (χ2n) is 6.23. The summed E-state index contributed by atoms with van der Waals surface area (Å²) >= 11 is 0. The van der Waals surface area contributed by atoms with E-state index in [-0.39, 0.29) is 31.0 Å². The van der Waals surface area contributed by atoms with Gasteiger partial charge in [0, 0.05) is 37.3 Å². The Bertz CT molecular complexity index is 785. The zero-order valence-corrected chi connectivity index (χ0v) is 13.1. The highest BCUT2D eigenvalue weighted by molar-refractivity contribution is 5.82. The fourth-order valence-electron chi connectivity index (χ4n) is 2.95. The van der Waals surface area contributed by atoms with Crippen LogP contribution < -0.4 is 10.7 Å². The topological polar surface area (TPSA) is 54.3 Å². The van der Waals surface area contributed by atoms with E-state index in [0.717, 1.165) is 0 Å².